The maximum absolute atomic E-state index is 10.5. The van der Waals surface area contributed by atoms with Gasteiger partial charge in [0.25, 0.3) is 0 Å². The van der Waals surface area contributed by atoms with Gasteiger partial charge in [-0.25, -0.2) is 4.79 Å². The highest BCUT2D eigenvalue weighted by molar-refractivity contribution is 5.80. The molecule has 1 rings (SSSR count). The number of hydrogen-bond acceptors (Lipinski definition) is 2. The summed E-state index contributed by atoms with van der Waals surface area (Å²) in [7, 11) is 0. The average Bonchev–Trinajstić information content (AvgIpc) is 2.27. The number of carbonyl (C=O) groups is 1. The van der Waals surface area contributed by atoms with Crippen LogP contribution in [0.4, 0.5) is 5.69 Å². The summed E-state index contributed by atoms with van der Waals surface area (Å²) in [4.78, 5) is 10.5. The molecule has 1 aromatic carbocycles. The molecule has 2 N–H and O–H groups in total. The summed E-state index contributed by atoms with van der Waals surface area (Å²) in [6.07, 6.45) is 3.36. The SMILES string of the molecule is CCCc1ccccc1NC/C(C)=C/C(=O)O. The predicted octanol–water partition coefficient (Wildman–Crippen LogP) is 3.08. The fraction of sp³-hybridized carbons (Fsp3) is 0.357. The Hall–Kier alpha value is -1.77. The van der Waals surface area contributed by atoms with Crippen molar-refractivity contribution in [2.24, 2.45) is 0 Å². The van der Waals surface area contributed by atoms with Crippen molar-refractivity contribution in [1.29, 1.82) is 0 Å². The fourth-order valence-corrected chi connectivity index (χ4v) is 1.68. The minimum absolute atomic E-state index is 0.563. The molecule has 17 heavy (non-hydrogen) atoms. The van der Waals surface area contributed by atoms with Gasteiger partial charge in [0.2, 0.25) is 0 Å². The van der Waals surface area contributed by atoms with E-state index < -0.39 is 5.97 Å². The molecule has 0 amide bonds. The summed E-state index contributed by atoms with van der Waals surface area (Å²) in [5, 5.41) is 11.9. The van der Waals surface area contributed by atoms with Crippen molar-refractivity contribution in [1.82, 2.24) is 0 Å². The summed E-state index contributed by atoms with van der Waals surface area (Å²) in [6.45, 7) is 4.52. The lowest BCUT2D eigenvalue weighted by atomic mass is 10.1. The maximum Gasteiger partial charge on any atom is 0.328 e. The second-order valence-corrected chi connectivity index (χ2v) is 4.09. The second kappa shape index (κ2) is 6.74. The van der Waals surface area contributed by atoms with Gasteiger partial charge in [-0.2, -0.15) is 0 Å². The molecule has 0 spiro atoms. The van der Waals surface area contributed by atoms with E-state index in [9.17, 15) is 4.79 Å². The van der Waals surface area contributed by atoms with Gasteiger partial charge in [-0.3, -0.25) is 0 Å². The number of aryl methyl sites for hydroxylation is 1. The summed E-state index contributed by atoms with van der Waals surface area (Å²) in [6, 6.07) is 8.13. The van der Waals surface area contributed by atoms with E-state index in [0.29, 0.717) is 6.54 Å². The topological polar surface area (TPSA) is 49.3 Å². The second-order valence-electron chi connectivity index (χ2n) is 4.09. The number of para-hydroxylation sites is 1. The lowest BCUT2D eigenvalue weighted by Gasteiger charge is -2.11. The first-order valence-corrected chi connectivity index (χ1v) is 5.85. The zero-order valence-corrected chi connectivity index (χ0v) is 10.4. The van der Waals surface area contributed by atoms with E-state index in [1.165, 1.54) is 11.6 Å². The Labute approximate surface area is 102 Å². The van der Waals surface area contributed by atoms with E-state index in [1.807, 2.05) is 25.1 Å². The number of anilines is 1. The summed E-state index contributed by atoms with van der Waals surface area (Å²) in [5.74, 6) is -0.897. The Balaban J connectivity index is 2.65. The Bertz CT molecular complexity index is 410. The van der Waals surface area contributed by atoms with Gasteiger partial charge < -0.3 is 10.4 Å². The molecule has 0 aliphatic rings. The quantitative estimate of drug-likeness (QED) is 0.742. The molecular formula is C14H19NO2. The number of aliphatic carboxylic acids is 1. The molecule has 0 saturated heterocycles. The molecule has 0 aliphatic heterocycles. The van der Waals surface area contributed by atoms with E-state index in [2.05, 4.69) is 18.3 Å². The van der Waals surface area contributed by atoms with Crippen LogP contribution in [0.15, 0.2) is 35.9 Å². The van der Waals surface area contributed by atoms with Crippen molar-refractivity contribution >= 4 is 11.7 Å². The standard InChI is InChI=1S/C14H19NO2/c1-3-6-12-7-4-5-8-13(12)15-10-11(2)9-14(16)17/h4-5,7-9,15H,3,6,10H2,1-2H3,(H,16,17)/b11-9+. The van der Waals surface area contributed by atoms with Crippen LogP contribution in [0.1, 0.15) is 25.8 Å². The third-order valence-electron chi connectivity index (χ3n) is 2.46. The fourth-order valence-electron chi connectivity index (χ4n) is 1.68. The van der Waals surface area contributed by atoms with Crippen LogP contribution in [0, 0.1) is 0 Å². The van der Waals surface area contributed by atoms with Gasteiger partial charge in [0.1, 0.15) is 0 Å². The predicted molar refractivity (Wildman–Crippen MR) is 70.3 cm³/mol. The molecule has 92 valence electrons. The van der Waals surface area contributed by atoms with Crippen LogP contribution in [0.5, 0.6) is 0 Å². The van der Waals surface area contributed by atoms with Gasteiger partial charge >= 0.3 is 5.97 Å². The number of nitrogens with one attached hydrogen (secondary N) is 1. The zero-order valence-electron chi connectivity index (χ0n) is 10.4. The largest absolute Gasteiger partial charge is 0.478 e. The molecule has 0 bridgehead atoms. The first kappa shape index (κ1) is 13.3. The Morgan fingerprint density at radius 3 is 2.76 bits per heavy atom. The number of rotatable bonds is 6. The van der Waals surface area contributed by atoms with Crippen LogP contribution in [-0.4, -0.2) is 17.6 Å². The van der Waals surface area contributed by atoms with Gasteiger partial charge in [-0.1, -0.05) is 31.5 Å². The maximum atomic E-state index is 10.5. The van der Waals surface area contributed by atoms with E-state index in [1.54, 1.807) is 0 Å². The van der Waals surface area contributed by atoms with E-state index >= 15 is 0 Å². The molecule has 0 fully saturated rings. The lowest BCUT2D eigenvalue weighted by molar-refractivity contribution is -0.131. The normalized spacial score (nSPS) is 11.3. The Morgan fingerprint density at radius 2 is 2.12 bits per heavy atom. The van der Waals surface area contributed by atoms with Crippen LogP contribution >= 0.6 is 0 Å². The highest BCUT2D eigenvalue weighted by Crippen LogP contribution is 2.16. The summed E-state index contributed by atoms with van der Waals surface area (Å²) in [5.41, 5.74) is 3.18. The minimum Gasteiger partial charge on any atom is -0.478 e. The molecule has 3 heteroatoms. The molecule has 0 atom stereocenters. The van der Waals surface area contributed by atoms with E-state index in [0.717, 1.165) is 24.1 Å². The molecule has 0 heterocycles. The Morgan fingerprint density at radius 1 is 1.41 bits per heavy atom. The minimum atomic E-state index is -0.897. The van der Waals surface area contributed by atoms with Gasteiger partial charge in [0, 0.05) is 18.3 Å². The van der Waals surface area contributed by atoms with Crippen LogP contribution in [-0.2, 0) is 11.2 Å². The highest BCUT2D eigenvalue weighted by atomic mass is 16.4. The van der Waals surface area contributed by atoms with Crippen LogP contribution < -0.4 is 5.32 Å². The molecule has 0 saturated carbocycles. The molecule has 0 unspecified atom stereocenters. The van der Waals surface area contributed by atoms with Crippen molar-refractivity contribution in [3.63, 3.8) is 0 Å². The molecule has 0 aromatic heterocycles. The van der Waals surface area contributed by atoms with Gasteiger partial charge in [0.05, 0.1) is 0 Å². The molecule has 1 aromatic rings. The van der Waals surface area contributed by atoms with Crippen molar-refractivity contribution in [2.75, 3.05) is 11.9 Å². The lowest BCUT2D eigenvalue weighted by Crippen LogP contribution is -2.06. The third-order valence-corrected chi connectivity index (χ3v) is 2.46. The number of benzene rings is 1. The summed E-state index contributed by atoms with van der Waals surface area (Å²) < 4.78 is 0. The average molecular weight is 233 g/mol. The van der Waals surface area contributed by atoms with Crippen LogP contribution in [0.25, 0.3) is 0 Å². The van der Waals surface area contributed by atoms with Gasteiger partial charge in [0.15, 0.2) is 0 Å². The van der Waals surface area contributed by atoms with Crippen LogP contribution in [0.2, 0.25) is 0 Å². The number of hydrogen-bond donors (Lipinski definition) is 2. The summed E-state index contributed by atoms with van der Waals surface area (Å²) >= 11 is 0. The molecule has 0 aliphatic carbocycles. The zero-order chi connectivity index (χ0) is 12.7. The van der Waals surface area contributed by atoms with Crippen molar-refractivity contribution in [3.05, 3.63) is 41.5 Å². The molecular weight excluding hydrogens is 214 g/mol. The Kier molecular flexibility index (Phi) is 5.27. The van der Waals surface area contributed by atoms with Gasteiger partial charge in [-0.05, 0) is 30.5 Å². The van der Waals surface area contributed by atoms with Crippen LogP contribution in [0.3, 0.4) is 0 Å². The third kappa shape index (κ3) is 4.72. The van der Waals surface area contributed by atoms with Gasteiger partial charge in [-0.15, -0.1) is 0 Å². The number of carboxylic acids is 1. The van der Waals surface area contributed by atoms with E-state index in [-0.39, 0.29) is 0 Å². The number of carboxylic acid groups (broad SMARTS) is 1. The first-order valence-electron chi connectivity index (χ1n) is 5.85. The monoisotopic (exact) mass is 233 g/mol. The molecule has 0 radical (unpaired) electrons. The molecule has 3 nitrogen and oxygen atoms in total. The van der Waals surface area contributed by atoms with E-state index in [4.69, 9.17) is 5.11 Å². The van der Waals surface area contributed by atoms with Crippen molar-refractivity contribution in [3.8, 4) is 0 Å². The highest BCUT2D eigenvalue weighted by Gasteiger charge is 2.00. The van der Waals surface area contributed by atoms with Crippen molar-refractivity contribution in [2.45, 2.75) is 26.7 Å². The first-order chi connectivity index (χ1) is 8.13. The van der Waals surface area contributed by atoms with Crippen molar-refractivity contribution < 1.29 is 9.90 Å². The smallest absolute Gasteiger partial charge is 0.328 e.